The summed E-state index contributed by atoms with van der Waals surface area (Å²) in [5, 5.41) is 4.72. The lowest BCUT2D eigenvalue weighted by Crippen LogP contribution is -2.42. The Morgan fingerprint density at radius 3 is 2.69 bits per heavy atom. The standard InChI is InChI=1S/C26H29N3O6S/c1-31-22-10-17-9-18(25(30)28-20(17)11-23(22)32-2)14-29(26(36)27-12-19-4-3-7-33-19)13-16-5-6-21-24(8-16)35-15-34-21/h5-6,8-11,19H,3-4,7,12-15H2,1-2H3,(H,27,36)(H,28,30). The van der Waals surface area contributed by atoms with Crippen molar-refractivity contribution < 1.29 is 23.7 Å². The summed E-state index contributed by atoms with van der Waals surface area (Å²) in [6, 6.07) is 11.3. The van der Waals surface area contributed by atoms with E-state index in [4.69, 9.17) is 35.9 Å². The summed E-state index contributed by atoms with van der Waals surface area (Å²) >= 11 is 5.77. The van der Waals surface area contributed by atoms with Gasteiger partial charge < -0.3 is 38.9 Å². The van der Waals surface area contributed by atoms with E-state index in [1.807, 2.05) is 35.2 Å². The minimum Gasteiger partial charge on any atom is -0.493 e. The second kappa shape index (κ2) is 10.6. The second-order valence-corrected chi connectivity index (χ2v) is 9.17. The van der Waals surface area contributed by atoms with Gasteiger partial charge in [-0.2, -0.15) is 0 Å². The van der Waals surface area contributed by atoms with Crippen molar-refractivity contribution in [2.45, 2.75) is 32.0 Å². The smallest absolute Gasteiger partial charge is 0.253 e. The van der Waals surface area contributed by atoms with Crippen LogP contribution in [0.1, 0.15) is 24.0 Å². The van der Waals surface area contributed by atoms with Crippen LogP contribution in [0.2, 0.25) is 0 Å². The van der Waals surface area contributed by atoms with E-state index in [9.17, 15) is 4.79 Å². The number of aromatic amines is 1. The third kappa shape index (κ3) is 5.19. The number of aromatic nitrogens is 1. The van der Waals surface area contributed by atoms with Gasteiger partial charge in [-0.05, 0) is 54.9 Å². The van der Waals surface area contributed by atoms with Gasteiger partial charge in [0.1, 0.15) is 0 Å². The molecular formula is C26H29N3O6S. The monoisotopic (exact) mass is 511 g/mol. The molecule has 3 heterocycles. The molecule has 9 nitrogen and oxygen atoms in total. The number of nitrogens with zero attached hydrogens (tertiary/aromatic N) is 1. The maximum Gasteiger partial charge on any atom is 0.253 e. The number of fused-ring (bicyclic) bond motifs is 2. The van der Waals surface area contributed by atoms with E-state index in [1.165, 1.54) is 0 Å². The molecule has 5 rings (SSSR count). The molecular weight excluding hydrogens is 482 g/mol. The van der Waals surface area contributed by atoms with Gasteiger partial charge in [-0.15, -0.1) is 0 Å². The Morgan fingerprint density at radius 2 is 1.92 bits per heavy atom. The summed E-state index contributed by atoms with van der Waals surface area (Å²) in [4.78, 5) is 18.0. The highest BCUT2D eigenvalue weighted by atomic mass is 32.1. The van der Waals surface area contributed by atoms with E-state index >= 15 is 0 Å². The van der Waals surface area contributed by atoms with Crippen molar-refractivity contribution in [3.8, 4) is 23.0 Å². The van der Waals surface area contributed by atoms with Gasteiger partial charge in [0.2, 0.25) is 6.79 Å². The highest BCUT2D eigenvalue weighted by Crippen LogP contribution is 2.33. The van der Waals surface area contributed by atoms with Crippen molar-refractivity contribution in [1.82, 2.24) is 15.2 Å². The maximum absolute atomic E-state index is 13.0. The van der Waals surface area contributed by atoms with E-state index in [1.54, 1.807) is 20.3 Å². The predicted molar refractivity (Wildman–Crippen MR) is 139 cm³/mol. The maximum atomic E-state index is 13.0. The van der Waals surface area contributed by atoms with Crippen LogP contribution in [0.3, 0.4) is 0 Å². The van der Waals surface area contributed by atoms with E-state index in [0.29, 0.717) is 53.1 Å². The number of hydrogen-bond donors (Lipinski definition) is 2. The normalized spacial score (nSPS) is 16.2. The molecule has 0 amide bonds. The Hall–Kier alpha value is -3.50. The minimum atomic E-state index is -0.188. The van der Waals surface area contributed by atoms with Crippen molar-refractivity contribution in [2.24, 2.45) is 0 Å². The van der Waals surface area contributed by atoms with Crippen molar-refractivity contribution in [1.29, 1.82) is 0 Å². The molecule has 1 fully saturated rings. The summed E-state index contributed by atoms with van der Waals surface area (Å²) in [6.45, 7) is 2.41. The molecule has 1 atom stereocenters. The van der Waals surface area contributed by atoms with E-state index in [0.717, 1.165) is 36.1 Å². The first-order valence-electron chi connectivity index (χ1n) is 11.8. The van der Waals surface area contributed by atoms with Gasteiger partial charge in [-0.25, -0.2) is 0 Å². The summed E-state index contributed by atoms with van der Waals surface area (Å²) in [5.74, 6) is 2.57. The molecule has 2 aliphatic heterocycles. The van der Waals surface area contributed by atoms with Gasteiger partial charge in [0.25, 0.3) is 5.56 Å². The Balaban J connectivity index is 1.42. The topological polar surface area (TPSA) is 94.3 Å². The Bertz CT molecular complexity index is 1320. The number of nitrogens with one attached hydrogen (secondary N) is 2. The first-order valence-corrected chi connectivity index (χ1v) is 12.3. The van der Waals surface area contributed by atoms with E-state index in [2.05, 4.69) is 10.3 Å². The fourth-order valence-corrected chi connectivity index (χ4v) is 4.69. The van der Waals surface area contributed by atoms with Gasteiger partial charge in [0.05, 0.1) is 32.4 Å². The van der Waals surface area contributed by atoms with Crippen molar-refractivity contribution in [3.05, 3.63) is 57.9 Å². The van der Waals surface area contributed by atoms with Gasteiger partial charge in [-0.3, -0.25) is 4.79 Å². The molecule has 1 unspecified atom stereocenters. The molecule has 190 valence electrons. The number of benzene rings is 2. The van der Waals surface area contributed by atoms with Crippen molar-refractivity contribution >= 4 is 28.2 Å². The Labute approximate surface area is 214 Å². The van der Waals surface area contributed by atoms with Crippen LogP contribution in [-0.4, -0.2) is 55.3 Å². The van der Waals surface area contributed by atoms with E-state index in [-0.39, 0.29) is 18.5 Å². The number of rotatable bonds is 8. The number of hydrogen-bond acceptors (Lipinski definition) is 7. The first-order chi connectivity index (χ1) is 17.5. The molecule has 0 spiro atoms. The van der Waals surface area contributed by atoms with Gasteiger partial charge >= 0.3 is 0 Å². The highest BCUT2D eigenvalue weighted by molar-refractivity contribution is 7.80. The number of H-pyrrole nitrogens is 1. The summed E-state index contributed by atoms with van der Waals surface area (Å²) in [6.07, 6.45) is 2.20. The Kier molecular flexibility index (Phi) is 7.15. The molecule has 2 aromatic carbocycles. The second-order valence-electron chi connectivity index (χ2n) is 8.78. The molecule has 0 bridgehead atoms. The fraction of sp³-hybridized carbons (Fsp3) is 0.385. The fourth-order valence-electron chi connectivity index (χ4n) is 4.48. The summed E-state index contributed by atoms with van der Waals surface area (Å²) in [5.41, 5.74) is 2.05. The van der Waals surface area contributed by atoms with Crippen LogP contribution in [0.4, 0.5) is 0 Å². The summed E-state index contributed by atoms with van der Waals surface area (Å²) in [7, 11) is 3.15. The first kappa shape index (κ1) is 24.2. The minimum absolute atomic E-state index is 0.141. The third-order valence-electron chi connectivity index (χ3n) is 6.39. The molecule has 2 N–H and O–H groups in total. The summed E-state index contributed by atoms with van der Waals surface area (Å²) < 4.78 is 27.5. The average molecular weight is 512 g/mol. The van der Waals surface area contributed by atoms with Crippen LogP contribution in [0.15, 0.2) is 41.2 Å². The average Bonchev–Trinajstić information content (AvgIpc) is 3.58. The molecule has 10 heteroatoms. The number of methoxy groups -OCH3 is 2. The zero-order valence-electron chi connectivity index (χ0n) is 20.3. The van der Waals surface area contributed by atoms with Crippen LogP contribution < -0.4 is 29.8 Å². The number of ether oxygens (including phenoxy) is 5. The lowest BCUT2D eigenvalue weighted by Gasteiger charge is -2.27. The van der Waals surface area contributed by atoms with Crippen LogP contribution >= 0.6 is 12.2 Å². The van der Waals surface area contributed by atoms with Crippen LogP contribution in [0.25, 0.3) is 10.9 Å². The third-order valence-corrected chi connectivity index (χ3v) is 6.79. The molecule has 0 aliphatic carbocycles. The number of thiocarbonyl (C=S) groups is 1. The van der Waals surface area contributed by atoms with Gasteiger partial charge in [0, 0.05) is 36.7 Å². The molecule has 0 saturated carbocycles. The molecule has 36 heavy (non-hydrogen) atoms. The van der Waals surface area contributed by atoms with Crippen molar-refractivity contribution in [2.75, 3.05) is 34.2 Å². The SMILES string of the molecule is COc1cc2cc(CN(Cc3ccc4c(c3)OCO4)C(=S)NCC3CCCO3)c(=O)[nH]c2cc1OC. The van der Waals surface area contributed by atoms with Crippen LogP contribution in [0.5, 0.6) is 23.0 Å². The van der Waals surface area contributed by atoms with Gasteiger partial charge in [-0.1, -0.05) is 6.07 Å². The lowest BCUT2D eigenvalue weighted by molar-refractivity contribution is 0.113. The van der Waals surface area contributed by atoms with Crippen molar-refractivity contribution in [3.63, 3.8) is 0 Å². The largest absolute Gasteiger partial charge is 0.493 e. The van der Waals surface area contributed by atoms with E-state index < -0.39 is 0 Å². The molecule has 0 radical (unpaired) electrons. The quantitative estimate of drug-likeness (QED) is 0.442. The Morgan fingerprint density at radius 1 is 1.11 bits per heavy atom. The van der Waals surface area contributed by atoms with Crippen LogP contribution in [0, 0.1) is 0 Å². The zero-order valence-corrected chi connectivity index (χ0v) is 21.1. The molecule has 2 aliphatic rings. The van der Waals surface area contributed by atoms with Crippen LogP contribution in [-0.2, 0) is 17.8 Å². The van der Waals surface area contributed by atoms with Gasteiger partial charge in [0.15, 0.2) is 28.1 Å². The predicted octanol–water partition coefficient (Wildman–Crippen LogP) is 3.33. The highest BCUT2D eigenvalue weighted by Gasteiger charge is 2.20. The molecule has 1 aromatic heterocycles. The zero-order chi connectivity index (χ0) is 25.1. The number of pyridine rings is 1. The lowest BCUT2D eigenvalue weighted by atomic mass is 10.1. The molecule has 1 saturated heterocycles. The molecule has 3 aromatic rings.